The van der Waals surface area contributed by atoms with Gasteiger partial charge in [-0.05, 0) is 4.92 Å². The summed E-state index contributed by atoms with van der Waals surface area (Å²) in [6.07, 6.45) is 0.992. The Morgan fingerprint density at radius 1 is 1.81 bits per heavy atom. The maximum atomic E-state index is 10.6. The monoisotopic (exact) mass is 224 g/mol. The molecular weight excluding hydrogens is 216 g/mol. The highest BCUT2D eigenvalue weighted by Crippen LogP contribution is 2.13. The number of hydrogen-bond acceptors (Lipinski definition) is 6. The van der Waals surface area contributed by atoms with Gasteiger partial charge >= 0.3 is 17.6 Å². The van der Waals surface area contributed by atoms with E-state index in [-0.39, 0.29) is 24.8 Å². The first-order chi connectivity index (χ1) is 7.56. The molecule has 0 spiro atoms. The van der Waals surface area contributed by atoms with Crippen LogP contribution in [-0.4, -0.2) is 27.1 Å². The Morgan fingerprint density at radius 3 is 3.00 bits per heavy atom. The van der Waals surface area contributed by atoms with Gasteiger partial charge in [-0.2, -0.15) is 14.8 Å². The summed E-state index contributed by atoms with van der Waals surface area (Å²) in [5, 5.41) is 19.2. The topological polar surface area (TPSA) is 111 Å². The molecule has 1 heterocycles. The Bertz CT molecular complexity index is 459. The van der Waals surface area contributed by atoms with E-state index in [9.17, 15) is 14.9 Å². The average molecular weight is 224 g/mol. The minimum absolute atomic E-state index is 0.0266. The van der Waals surface area contributed by atoms with E-state index in [1.165, 1.54) is 6.92 Å². The molecule has 0 amide bonds. The van der Waals surface area contributed by atoms with Gasteiger partial charge in [0, 0.05) is 6.92 Å². The zero-order valence-corrected chi connectivity index (χ0v) is 8.41. The van der Waals surface area contributed by atoms with Crippen LogP contribution in [0.4, 0.5) is 5.82 Å². The zero-order chi connectivity index (χ0) is 12.1. The molecule has 0 saturated carbocycles. The highest BCUT2D eigenvalue weighted by Gasteiger charge is 2.19. The third-order valence-corrected chi connectivity index (χ3v) is 1.74. The molecule has 0 fully saturated rings. The van der Waals surface area contributed by atoms with Gasteiger partial charge in [0.15, 0.2) is 6.07 Å². The van der Waals surface area contributed by atoms with Crippen LogP contribution in [0.2, 0.25) is 0 Å². The largest absolute Gasteiger partial charge is 0.462 e. The Hall–Kier alpha value is -2.43. The smallest absolute Gasteiger partial charge is 0.343 e. The number of rotatable bonds is 4. The second-order valence-corrected chi connectivity index (χ2v) is 2.80. The summed E-state index contributed by atoms with van der Waals surface area (Å²) >= 11 is 0. The van der Waals surface area contributed by atoms with Crippen LogP contribution >= 0.6 is 0 Å². The number of imidazole rings is 1. The first-order valence-corrected chi connectivity index (χ1v) is 4.29. The highest BCUT2D eigenvalue weighted by atomic mass is 16.6. The summed E-state index contributed by atoms with van der Waals surface area (Å²) in [4.78, 5) is 24.0. The number of carbonyl (C=O) groups excluding carboxylic acids is 1. The third kappa shape index (κ3) is 2.54. The van der Waals surface area contributed by atoms with E-state index in [2.05, 4.69) is 9.72 Å². The Morgan fingerprint density at radius 2 is 2.50 bits per heavy atom. The molecule has 0 aromatic carbocycles. The van der Waals surface area contributed by atoms with Crippen molar-refractivity contribution in [1.82, 2.24) is 9.55 Å². The van der Waals surface area contributed by atoms with Crippen LogP contribution in [0.15, 0.2) is 6.20 Å². The second-order valence-electron chi connectivity index (χ2n) is 2.80. The lowest BCUT2D eigenvalue weighted by atomic mass is 10.5. The SMILES string of the molecule is CC(=O)OCCn1c([N+](=O)[O-])cnc1C#N. The van der Waals surface area contributed by atoms with Gasteiger partial charge in [-0.3, -0.25) is 4.79 Å². The number of nitro groups is 1. The molecule has 84 valence electrons. The number of aromatic nitrogens is 2. The van der Waals surface area contributed by atoms with Crippen LogP contribution in [0.1, 0.15) is 12.7 Å². The van der Waals surface area contributed by atoms with Crippen molar-refractivity contribution in [3.63, 3.8) is 0 Å². The molecule has 0 atom stereocenters. The van der Waals surface area contributed by atoms with Crippen LogP contribution in [-0.2, 0) is 16.1 Å². The summed E-state index contributed by atoms with van der Waals surface area (Å²) in [5.74, 6) is -0.871. The van der Waals surface area contributed by atoms with E-state index in [1.807, 2.05) is 0 Å². The standard InChI is InChI=1S/C8H8N4O4/c1-6(13)16-3-2-11-7(4-9)10-5-8(11)12(14)15/h5H,2-3H2,1H3. The number of hydrogen-bond donors (Lipinski definition) is 0. The van der Waals surface area contributed by atoms with Gasteiger partial charge in [0.1, 0.15) is 19.3 Å². The van der Waals surface area contributed by atoms with Crippen molar-refractivity contribution < 1.29 is 14.5 Å². The predicted octanol–water partition coefficient (Wildman–Crippen LogP) is 0.226. The molecule has 8 nitrogen and oxygen atoms in total. The number of esters is 1. The van der Waals surface area contributed by atoms with Gasteiger partial charge in [0.05, 0.1) is 0 Å². The minimum Gasteiger partial charge on any atom is -0.462 e. The van der Waals surface area contributed by atoms with Crippen LogP contribution < -0.4 is 0 Å². The molecular formula is C8H8N4O4. The van der Waals surface area contributed by atoms with Gasteiger partial charge in [0.2, 0.25) is 0 Å². The van der Waals surface area contributed by atoms with E-state index in [4.69, 9.17) is 5.26 Å². The van der Waals surface area contributed by atoms with E-state index in [0.717, 1.165) is 10.8 Å². The van der Waals surface area contributed by atoms with Crippen molar-refractivity contribution in [2.24, 2.45) is 0 Å². The number of ether oxygens (including phenoxy) is 1. The number of nitriles is 1. The first-order valence-electron chi connectivity index (χ1n) is 4.29. The van der Waals surface area contributed by atoms with Crippen molar-refractivity contribution in [1.29, 1.82) is 5.26 Å². The van der Waals surface area contributed by atoms with E-state index < -0.39 is 10.9 Å². The van der Waals surface area contributed by atoms with E-state index in [1.54, 1.807) is 6.07 Å². The van der Waals surface area contributed by atoms with Gasteiger partial charge in [-0.25, -0.2) is 0 Å². The van der Waals surface area contributed by atoms with Crippen molar-refractivity contribution >= 4 is 11.8 Å². The molecule has 1 aromatic rings. The normalized spacial score (nSPS) is 9.50. The quantitative estimate of drug-likeness (QED) is 0.411. The highest BCUT2D eigenvalue weighted by molar-refractivity contribution is 5.65. The van der Waals surface area contributed by atoms with E-state index >= 15 is 0 Å². The van der Waals surface area contributed by atoms with Crippen molar-refractivity contribution in [2.75, 3.05) is 6.61 Å². The fraction of sp³-hybridized carbons (Fsp3) is 0.375. The Labute approximate surface area is 90.2 Å². The molecule has 0 N–H and O–H groups in total. The van der Waals surface area contributed by atoms with Gasteiger partial charge < -0.3 is 14.9 Å². The number of carbonyl (C=O) groups is 1. The summed E-state index contributed by atoms with van der Waals surface area (Å²) in [5.41, 5.74) is 0. The molecule has 8 heteroatoms. The van der Waals surface area contributed by atoms with Gasteiger partial charge in [-0.1, -0.05) is 0 Å². The molecule has 1 aromatic heterocycles. The maximum Gasteiger partial charge on any atom is 0.343 e. The fourth-order valence-electron chi connectivity index (χ4n) is 1.10. The van der Waals surface area contributed by atoms with Gasteiger partial charge in [-0.15, -0.1) is 0 Å². The molecule has 1 rings (SSSR count). The summed E-state index contributed by atoms with van der Waals surface area (Å²) in [6.45, 7) is 1.22. The first kappa shape index (κ1) is 11.6. The van der Waals surface area contributed by atoms with E-state index in [0.29, 0.717) is 0 Å². The molecule has 0 bridgehead atoms. The zero-order valence-electron chi connectivity index (χ0n) is 8.41. The van der Waals surface area contributed by atoms with Crippen LogP contribution in [0.5, 0.6) is 0 Å². The number of nitrogens with zero attached hydrogens (tertiary/aromatic N) is 4. The van der Waals surface area contributed by atoms with Gasteiger partial charge in [0.25, 0.3) is 0 Å². The minimum atomic E-state index is -0.651. The predicted molar refractivity (Wildman–Crippen MR) is 50.2 cm³/mol. The Balaban J connectivity index is 2.84. The lowest BCUT2D eigenvalue weighted by Gasteiger charge is -2.01. The molecule has 0 unspecified atom stereocenters. The lowest BCUT2D eigenvalue weighted by molar-refractivity contribution is -0.392. The molecule has 0 radical (unpaired) electrons. The van der Waals surface area contributed by atoms with Crippen LogP contribution in [0.25, 0.3) is 0 Å². The van der Waals surface area contributed by atoms with Crippen molar-refractivity contribution in [2.45, 2.75) is 13.5 Å². The van der Waals surface area contributed by atoms with Crippen LogP contribution in [0.3, 0.4) is 0 Å². The molecule has 0 aliphatic heterocycles. The fourth-order valence-corrected chi connectivity index (χ4v) is 1.10. The third-order valence-electron chi connectivity index (χ3n) is 1.74. The summed E-state index contributed by atoms with van der Waals surface area (Å²) < 4.78 is 5.72. The molecule has 0 saturated heterocycles. The molecule has 0 aliphatic carbocycles. The maximum absolute atomic E-state index is 10.6. The molecule has 0 aliphatic rings. The van der Waals surface area contributed by atoms with Crippen LogP contribution in [0, 0.1) is 21.4 Å². The molecule has 16 heavy (non-hydrogen) atoms. The second kappa shape index (κ2) is 4.88. The summed E-state index contributed by atoms with van der Waals surface area (Å²) in [6, 6.07) is 1.72. The summed E-state index contributed by atoms with van der Waals surface area (Å²) in [7, 11) is 0. The van der Waals surface area contributed by atoms with Crippen molar-refractivity contribution in [3.05, 3.63) is 22.1 Å². The Kier molecular flexibility index (Phi) is 3.55. The van der Waals surface area contributed by atoms with Crippen molar-refractivity contribution in [3.8, 4) is 6.07 Å². The average Bonchev–Trinajstić information content (AvgIpc) is 2.60. The lowest BCUT2D eigenvalue weighted by Crippen LogP contribution is -2.12.